The van der Waals surface area contributed by atoms with Crippen molar-refractivity contribution < 1.29 is 24.1 Å². The molecule has 3 rings (SSSR count). The fourth-order valence-electron chi connectivity index (χ4n) is 3.94. The largest absolute Gasteiger partial charge is 0.469 e. The van der Waals surface area contributed by atoms with Crippen LogP contribution < -0.4 is 0 Å². The first-order chi connectivity index (χ1) is 9.02. The van der Waals surface area contributed by atoms with E-state index in [4.69, 9.17) is 14.2 Å². The van der Waals surface area contributed by atoms with Gasteiger partial charge in [0.05, 0.1) is 25.9 Å². The Morgan fingerprint density at radius 3 is 2.89 bits per heavy atom. The van der Waals surface area contributed by atoms with Crippen LogP contribution in [0.2, 0.25) is 0 Å². The molecule has 0 aromatic heterocycles. The summed E-state index contributed by atoms with van der Waals surface area (Å²) in [6.45, 7) is 2.38. The quantitative estimate of drug-likeness (QED) is 0.726. The van der Waals surface area contributed by atoms with Crippen LogP contribution in [0.25, 0.3) is 0 Å². The van der Waals surface area contributed by atoms with Gasteiger partial charge in [-0.3, -0.25) is 4.79 Å². The van der Waals surface area contributed by atoms with Gasteiger partial charge in [-0.25, -0.2) is 0 Å². The molecule has 19 heavy (non-hydrogen) atoms. The number of carbonyl (C=O) groups excluding carboxylic acids is 1. The summed E-state index contributed by atoms with van der Waals surface area (Å²) >= 11 is 0. The number of hydrogen-bond acceptors (Lipinski definition) is 5. The molecule has 2 heterocycles. The van der Waals surface area contributed by atoms with Crippen LogP contribution >= 0.6 is 0 Å². The molecular formula is C14H22O5. The lowest BCUT2D eigenvalue weighted by Crippen LogP contribution is -2.67. The standard InChI is InChI=1S/C14H22O5/c1-13-7-5-10-9(12(16)17-2)8-18-14(13,19-10)6-3-4-11(13)15/h9-11,15H,3-8H2,1-2H3. The van der Waals surface area contributed by atoms with Crippen LogP contribution in [-0.4, -0.2) is 42.8 Å². The van der Waals surface area contributed by atoms with E-state index < -0.39 is 11.9 Å². The van der Waals surface area contributed by atoms with Crippen molar-refractivity contribution in [3.63, 3.8) is 0 Å². The molecule has 108 valence electrons. The molecule has 5 atom stereocenters. The Morgan fingerprint density at radius 1 is 1.37 bits per heavy atom. The van der Waals surface area contributed by atoms with E-state index >= 15 is 0 Å². The molecule has 0 aromatic rings. The van der Waals surface area contributed by atoms with Crippen molar-refractivity contribution in [1.29, 1.82) is 0 Å². The van der Waals surface area contributed by atoms with Gasteiger partial charge in [0.15, 0.2) is 5.79 Å². The predicted octanol–water partition coefficient (Wildman–Crippen LogP) is 1.23. The summed E-state index contributed by atoms with van der Waals surface area (Å²) in [6, 6.07) is 0. The zero-order valence-electron chi connectivity index (χ0n) is 11.6. The van der Waals surface area contributed by atoms with E-state index in [1.807, 2.05) is 6.92 Å². The second-order valence-corrected chi connectivity index (χ2v) is 6.21. The molecule has 0 radical (unpaired) electrons. The molecule has 0 aromatic carbocycles. The third-order valence-electron chi connectivity index (χ3n) is 5.33. The van der Waals surface area contributed by atoms with E-state index in [1.54, 1.807) is 0 Å². The molecule has 1 spiro atoms. The van der Waals surface area contributed by atoms with E-state index in [1.165, 1.54) is 7.11 Å². The second kappa shape index (κ2) is 4.43. The van der Waals surface area contributed by atoms with Crippen LogP contribution in [0.3, 0.4) is 0 Å². The molecule has 3 fully saturated rings. The van der Waals surface area contributed by atoms with E-state index in [9.17, 15) is 9.90 Å². The van der Waals surface area contributed by atoms with Gasteiger partial charge in [-0.15, -0.1) is 0 Å². The zero-order valence-corrected chi connectivity index (χ0v) is 11.6. The number of methoxy groups -OCH3 is 1. The molecule has 1 saturated carbocycles. The monoisotopic (exact) mass is 270 g/mol. The van der Waals surface area contributed by atoms with Gasteiger partial charge in [-0.2, -0.15) is 0 Å². The first kappa shape index (κ1) is 13.3. The zero-order chi connectivity index (χ0) is 13.7. The molecule has 5 nitrogen and oxygen atoms in total. The number of aliphatic hydroxyl groups excluding tert-OH is 1. The molecule has 3 aliphatic rings. The van der Waals surface area contributed by atoms with E-state index in [-0.39, 0.29) is 23.4 Å². The minimum absolute atomic E-state index is 0.139. The van der Waals surface area contributed by atoms with Crippen molar-refractivity contribution in [1.82, 2.24) is 0 Å². The maximum absolute atomic E-state index is 11.7. The molecule has 1 N–H and O–H groups in total. The van der Waals surface area contributed by atoms with Crippen LogP contribution in [0.4, 0.5) is 0 Å². The lowest BCUT2D eigenvalue weighted by Gasteiger charge is -2.60. The van der Waals surface area contributed by atoms with Crippen molar-refractivity contribution in [2.75, 3.05) is 13.7 Å². The molecule has 2 saturated heterocycles. The van der Waals surface area contributed by atoms with Crippen LogP contribution in [0.15, 0.2) is 0 Å². The molecule has 2 bridgehead atoms. The van der Waals surface area contributed by atoms with Gasteiger partial charge in [-0.1, -0.05) is 6.92 Å². The first-order valence-electron chi connectivity index (χ1n) is 7.10. The van der Waals surface area contributed by atoms with Crippen molar-refractivity contribution in [2.24, 2.45) is 11.3 Å². The molecule has 2 aliphatic heterocycles. The van der Waals surface area contributed by atoms with Crippen molar-refractivity contribution >= 4 is 5.97 Å². The first-order valence-corrected chi connectivity index (χ1v) is 7.10. The highest BCUT2D eigenvalue weighted by atomic mass is 16.7. The fourth-order valence-corrected chi connectivity index (χ4v) is 3.94. The topological polar surface area (TPSA) is 65.0 Å². The van der Waals surface area contributed by atoms with Crippen LogP contribution in [0.1, 0.15) is 39.0 Å². The van der Waals surface area contributed by atoms with E-state index in [0.717, 1.165) is 32.1 Å². The van der Waals surface area contributed by atoms with Crippen molar-refractivity contribution in [3.8, 4) is 0 Å². The highest BCUT2D eigenvalue weighted by Crippen LogP contribution is 2.56. The van der Waals surface area contributed by atoms with Gasteiger partial charge >= 0.3 is 5.97 Å². The number of fused-ring (bicyclic) bond motifs is 1. The summed E-state index contributed by atoms with van der Waals surface area (Å²) in [5.41, 5.74) is -0.358. The molecule has 5 heteroatoms. The third-order valence-corrected chi connectivity index (χ3v) is 5.33. The Hall–Kier alpha value is -0.650. The van der Waals surface area contributed by atoms with Gasteiger partial charge in [0.1, 0.15) is 5.92 Å². The molecule has 0 amide bonds. The summed E-state index contributed by atoms with van der Waals surface area (Å²) in [6.07, 6.45) is 3.56. The maximum atomic E-state index is 11.7. The summed E-state index contributed by atoms with van der Waals surface area (Å²) in [7, 11) is 1.39. The smallest absolute Gasteiger partial charge is 0.313 e. The molecule has 1 aliphatic carbocycles. The summed E-state index contributed by atoms with van der Waals surface area (Å²) in [5, 5.41) is 10.3. The second-order valence-electron chi connectivity index (χ2n) is 6.21. The Kier molecular flexibility index (Phi) is 3.11. The highest BCUT2D eigenvalue weighted by molar-refractivity contribution is 5.73. The fraction of sp³-hybridized carbons (Fsp3) is 0.929. The Balaban J connectivity index is 1.86. The van der Waals surface area contributed by atoms with Gasteiger partial charge in [0.2, 0.25) is 0 Å². The minimum Gasteiger partial charge on any atom is -0.469 e. The number of ether oxygens (including phenoxy) is 3. The molecule has 5 unspecified atom stereocenters. The number of hydrogen-bond donors (Lipinski definition) is 1. The lowest BCUT2D eigenvalue weighted by atomic mass is 9.62. The summed E-state index contributed by atoms with van der Waals surface area (Å²) < 4.78 is 16.9. The Bertz CT molecular complexity index is 384. The van der Waals surface area contributed by atoms with Gasteiger partial charge < -0.3 is 19.3 Å². The van der Waals surface area contributed by atoms with E-state index in [2.05, 4.69) is 0 Å². The van der Waals surface area contributed by atoms with Gasteiger partial charge in [0.25, 0.3) is 0 Å². The minimum atomic E-state index is -0.710. The average Bonchev–Trinajstić information content (AvgIpc) is 2.41. The third kappa shape index (κ3) is 1.75. The predicted molar refractivity (Wildman–Crippen MR) is 66.3 cm³/mol. The van der Waals surface area contributed by atoms with Crippen LogP contribution in [0, 0.1) is 11.3 Å². The number of esters is 1. The number of aliphatic hydroxyl groups is 1. The Morgan fingerprint density at radius 2 is 2.16 bits per heavy atom. The number of rotatable bonds is 1. The normalized spacial score (nSPS) is 49.3. The Labute approximate surface area is 113 Å². The van der Waals surface area contributed by atoms with Crippen molar-refractivity contribution in [3.05, 3.63) is 0 Å². The van der Waals surface area contributed by atoms with Gasteiger partial charge in [-0.05, 0) is 25.7 Å². The van der Waals surface area contributed by atoms with E-state index in [0.29, 0.717) is 6.61 Å². The molecular weight excluding hydrogens is 248 g/mol. The SMILES string of the molecule is COC(=O)C1COC23CCCC(O)C2(C)CCC1O3. The highest BCUT2D eigenvalue weighted by Gasteiger charge is 2.63. The van der Waals surface area contributed by atoms with Crippen LogP contribution in [-0.2, 0) is 19.0 Å². The number of carbonyl (C=O) groups is 1. The lowest BCUT2D eigenvalue weighted by molar-refractivity contribution is -0.399. The van der Waals surface area contributed by atoms with Gasteiger partial charge in [0, 0.05) is 11.8 Å². The average molecular weight is 270 g/mol. The van der Waals surface area contributed by atoms with Crippen LogP contribution in [0.5, 0.6) is 0 Å². The van der Waals surface area contributed by atoms with Crippen molar-refractivity contribution in [2.45, 2.75) is 57.0 Å². The maximum Gasteiger partial charge on any atom is 0.313 e. The summed E-state index contributed by atoms with van der Waals surface area (Å²) in [4.78, 5) is 11.7. The summed E-state index contributed by atoms with van der Waals surface area (Å²) in [5.74, 6) is -1.31.